The molecule has 0 aromatic rings. The van der Waals surface area contributed by atoms with Crippen molar-refractivity contribution < 1.29 is 19.1 Å². The molecule has 0 heterocycles. The number of aliphatic hydroxyl groups is 1. The highest BCUT2D eigenvalue weighted by molar-refractivity contribution is 6.74. The zero-order chi connectivity index (χ0) is 17.2. The third-order valence-electron chi connectivity index (χ3n) is 3.69. The summed E-state index contributed by atoms with van der Waals surface area (Å²) in [6.07, 6.45) is 8.54. The average molecular weight is 327 g/mol. The fraction of sp³-hybridized carbons (Fsp3) is 0.588. The van der Waals surface area contributed by atoms with Gasteiger partial charge in [-0.2, -0.15) is 0 Å². The molecule has 0 aromatic heterocycles. The van der Waals surface area contributed by atoms with Gasteiger partial charge in [0, 0.05) is 0 Å². The summed E-state index contributed by atoms with van der Waals surface area (Å²) in [7, 11) is -1.72. The Labute approximate surface area is 135 Å². The third-order valence-corrected chi connectivity index (χ3v) is 8.19. The summed E-state index contributed by atoms with van der Waals surface area (Å²) in [5, 5.41) is 9.10. The van der Waals surface area contributed by atoms with Crippen LogP contribution < -0.4 is 0 Å². The van der Waals surface area contributed by atoms with Crippen molar-refractivity contribution in [2.24, 2.45) is 0 Å². The van der Waals surface area contributed by atoms with E-state index in [1.165, 1.54) is 6.08 Å². The molecule has 0 spiro atoms. The Morgan fingerprint density at radius 1 is 1.23 bits per heavy atom. The van der Waals surface area contributed by atoms with Gasteiger partial charge >= 0.3 is 5.97 Å². The number of rotatable bonds is 8. The lowest BCUT2D eigenvalue weighted by Gasteiger charge is -2.35. The van der Waals surface area contributed by atoms with Gasteiger partial charge < -0.3 is 14.3 Å². The first-order valence-corrected chi connectivity index (χ1v) is 10.5. The summed E-state index contributed by atoms with van der Waals surface area (Å²) < 4.78 is 10.9. The van der Waals surface area contributed by atoms with Crippen molar-refractivity contribution in [3.63, 3.8) is 0 Å². The molecule has 0 amide bonds. The fourth-order valence-corrected chi connectivity index (χ4v) is 2.24. The number of esters is 1. The van der Waals surface area contributed by atoms with E-state index in [9.17, 15) is 4.79 Å². The highest BCUT2D eigenvalue weighted by Crippen LogP contribution is 2.36. The van der Waals surface area contributed by atoms with Gasteiger partial charge in [0.05, 0.1) is 25.4 Å². The predicted molar refractivity (Wildman–Crippen MR) is 93.2 cm³/mol. The number of ether oxygens (including phenoxy) is 1. The Morgan fingerprint density at radius 2 is 1.86 bits per heavy atom. The molecule has 0 atom stereocenters. The fourth-order valence-electron chi connectivity index (χ4n) is 1.30. The molecule has 0 saturated carbocycles. The van der Waals surface area contributed by atoms with E-state index in [1.54, 1.807) is 19.1 Å². The van der Waals surface area contributed by atoms with Gasteiger partial charge in [0.1, 0.15) is 0 Å². The van der Waals surface area contributed by atoms with Crippen molar-refractivity contribution in [2.75, 3.05) is 19.8 Å². The summed E-state index contributed by atoms with van der Waals surface area (Å²) >= 11 is 0. The van der Waals surface area contributed by atoms with E-state index in [4.69, 9.17) is 14.3 Å². The number of allylic oxidation sites excluding steroid dienone is 2. The topological polar surface area (TPSA) is 55.8 Å². The lowest BCUT2D eigenvalue weighted by Crippen LogP contribution is -2.40. The molecular formula is C17H30O4Si. The van der Waals surface area contributed by atoms with Gasteiger partial charge in [-0.3, -0.25) is 0 Å². The molecule has 126 valence electrons. The van der Waals surface area contributed by atoms with E-state index in [-0.39, 0.29) is 11.6 Å². The van der Waals surface area contributed by atoms with Crippen LogP contribution in [-0.4, -0.2) is 39.2 Å². The van der Waals surface area contributed by atoms with Gasteiger partial charge in [0.15, 0.2) is 8.32 Å². The highest BCUT2D eigenvalue weighted by Gasteiger charge is 2.36. The Kier molecular flexibility index (Phi) is 9.24. The smallest absolute Gasteiger partial charge is 0.337 e. The molecule has 5 heteroatoms. The Hall–Kier alpha value is -1.17. The Morgan fingerprint density at radius 3 is 2.36 bits per heavy atom. The molecular weight excluding hydrogens is 296 g/mol. The molecule has 0 aromatic carbocycles. The molecule has 0 fully saturated rings. The van der Waals surface area contributed by atoms with E-state index >= 15 is 0 Å². The van der Waals surface area contributed by atoms with Crippen LogP contribution in [0.4, 0.5) is 0 Å². The van der Waals surface area contributed by atoms with Crippen LogP contribution in [-0.2, 0) is 14.0 Å². The number of aliphatic hydroxyl groups excluding tert-OH is 1. The normalized spacial score (nSPS) is 14.0. The third kappa shape index (κ3) is 7.73. The molecule has 0 radical (unpaired) electrons. The van der Waals surface area contributed by atoms with Crippen molar-refractivity contribution in [3.8, 4) is 0 Å². The molecule has 0 aliphatic heterocycles. The lowest BCUT2D eigenvalue weighted by molar-refractivity contribution is -0.138. The summed E-state index contributed by atoms with van der Waals surface area (Å²) in [4.78, 5) is 11.6. The molecule has 4 nitrogen and oxygen atoms in total. The van der Waals surface area contributed by atoms with Crippen LogP contribution in [0.2, 0.25) is 18.1 Å². The van der Waals surface area contributed by atoms with Crippen LogP contribution >= 0.6 is 0 Å². The largest absolute Gasteiger partial charge is 0.462 e. The number of carbonyl (C=O) groups is 1. The van der Waals surface area contributed by atoms with Crippen LogP contribution in [0.3, 0.4) is 0 Å². The van der Waals surface area contributed by atoms with Crippen molar-refractivity contribution >= 4 is 14.3 Å². The molecule has 1 N–H and O–H groups in total. The van der Waals surface area contributed by atoms with Crippen molar-refractivity contribution in [1.82, 2.24) is 0 Å². The summed E-state index contributed by atoms with van der Waals surface area (Å²) in [5.74, 6) is -0.432. The Bertz CT molecular complexity index is 428. The maximum Gasteiger partial charge on any atom is 0.337 e. The quantitative estimate of drug-likeness (QED) is 0.320. The molecule has 0 aliphatic carbocycles. The zero-order valence-corrected chi connectivity index (χ0v) is 15.7. The maximum absolute atomic E-state index is 11.6. The first-order chi connectivity index (χ1) is 10.2. The number of hydrogen-bond acceptors (Lipinski definition) is 4. The van der Waals surface area contributed by atoms with E-state index in [0.29, 0.717) is 18.8 Å². The summed E-state index contributed by atoms with van der Waals surface area (Å²) in [5.41, 5.74) is 0.347. The van der Waals surface area contributed by atoms with Crippen LogP contribution in [0.1, 0.15) is 27.7 Å². The average Bonchev–Trinajstić information content (AvgIpc) is 2.40. The summed E-state index contributed by atoms with van der Waals surface area (Å²) in [6.45, 7) is 13.4. The minimum atomic E-state index is -1.72. The first kappa shape index (κ1) is 20.8. The molecule has 0 aliphatic rings. The number of carbonyl (C=O) groups excluding carboxylic acids is 1. The summed E-state index contributed by atoms with van der Waals surface area (Å²) in [6, 6.07) is 0. The van der Waals surface area contributed by atoms with Crippen molar-refractivity contribution in [2.45, 2.75) is 45.8 Å². The molecule has 0 bridgehead atoms. The molecule has 22 heavy (non-hydrogen) atoms. The van der Waals surface area contributed by atoms with Gasteiger partial charge in [-0.1, -0.05) is 39.0 Å². The molecule has 0 rings (SSSR count). The van der Waals surface area contributed by atoms with E-state index in [0.717, 1.165) is 0 Å². The van der Waals surface area contributed by atoms with E-state index in [2.05, 4.69) is 33.9 Å². The second-order valence-corrected chi connectivity index (χ2v) is 11.2. The van der Waals surface area contributed by atoms with Gasteiger partial charge in [-0.05, 0) is 37.2 Å². The second-order valence-electron chi connectivity index (χ2n) is 6.42. The van der Waals surface area contributed by atoms with Gasteiger partial charge in [-0.15, -0.1) is 0 Å². The maximum atomic E-state index is 11.6. The van der Waals surface area contributed by atoms with Crippen molar-refractivity contribution in [3.05, 3.63) is 36.0 Å². The van der Waals surface area contributed by atoms with Crippen LogP contribution in [0, 0.1) is 0 Å². The van der Waals surface area contributed by atoms with E-state index < -0.39 is 14.3 Å². The number of hydrogen-bond donors (Lipinski definition) is 1. The standard InChI is InChI=1S/C17H30O4Si/c1-7-20-16(19)15(12-13-18)11-9-8-10-14-21-22(5,6)17(2,3)4/h8-12,18H,7,13-14H2,1-6H3/b10-8+,11-9+,15-12+. The SMILES string of the molecule is CCOC(=O)C(/C=C/C=C/CO[Si](C)(C)C(C)(C)C)=C/CO. The van der Waals surface area contributed by atoms with Crippen molar-refractivity contribution in [1.29, 1.82) is 0 Å². The van der Waals surface area contributed by atoms with Crippen LogP contribution in [0.25, 0.3) is 0 Å². The van der Waals surface area contributed by atoms with Crippen LogP contribution in [0.15, 0.2) is 36.0 Å². The minimum Gasteiger partial charge on any atom is -0.462 e. The second kappa shape index (κ2) is 9.76. The molecule has 0 unspecified atom stereocenters. The van der Waals surface area contributed by atoms with Gasteiger partial charge in [0.25, 0.3) is 0 Å². The Balaban J connectivity index is 4.47. The minimum absolute atomic E-state index is 0.192. The van der Waals surface area contributed by atoms with Gasteiger partial charge in [0.2, 0.25) is 0 Å². The van der Waals surface area contributed by atoms with Gasteiger partial charge in [-0.25, -0.2) is 4.79 Å². The predicted octanol–water partition coefficient (Wildman–Crippen LogP) is 3.60. The van der Waals surface area contributed by atoms with E-state index in [1.807, 2.05) is 12.2 Å². The lowest BCUT2D eigenvalue weighted by atomic mass is 10.2. The zero-order valence-electron chi connectivity index (χ0n) is 14.7. The van der Waals surface area contributed by atoms with Crippen LogP contribution in [0.5, 0.6) is 0 Å². The first-order valence-electron chi connectivity index (χ1n) is 7.61. The monoisotopic (exact) mass is 326 g/mol. The molecule has 0 saturated heterocycles. The highest BCUT2D eigenvalue weighted by atomic mass is 28.4.